The van der Waals surface area contributed by atoms with Crippen LogP contribution in [0.5, 0.6) is 0 Å². The maximum Gasteiger partial charge on any atom is 0.0948 e. The van der Waals surface area contributed by atoms with Gasteiger partial charge in [-0.3, -0.25) is 9.88 Å². The minimum atomic E-state index is 0.496. The quantitative estimate of drug-likeness (QED) is 0.719. The number of aryl methyl sites for hydroxylation is 2. The molecule has 0 amide bonds. The second kappa shape index (κ2) is 7.06. The molecule has 4 rings (SSSR count). The lowest BCUT2D eigenvalue weighted by atomic mass is 9.94. The Morgan fingerprint density at radius 1 is 1.32 bits per heavy atom. The first kappa shape index (κ1) is 16.4. The van der Waals surface area contributed by atoms with E-state index in [4.69, 9.17) is 4.98 Å². The third-order valence-corrected chi connectivity index (χ3v) is 5.91. The van der Waals surface area contributed by atoms with Gasteiger partial charge in [0.05, 0.1) is 35.1 Å². The van der Waals surface area contributed by atoms with Gasteiger partial charge in [-0.25, -0.2) is 9.97 Å². The van der Waals surface area contributed by atoms with E-state index in [2.05, 4.69) is 40.0 Å². The number of piperidine rings is 1. The molecule has 0 aromatic carbocycles. The zero-order valence-electron chi connectivity index (χ0n) is 14.7. The Kier molecular flexibility index (Phi) is 4.63. The molecule has 0 bridgehead atoms. The number of hydrogen-bond donors (Lipinski definition) is 0. The summed E-state index contributed by atoms with van der Waals surface area (Å²) in [5.41, 5.74) is 6.39. The molecule has 0 N–H and O–H groups in total. The molecule has 1 aliphatic heterocycles. The zero-order valence-corrected chi connectivity index (χ0v) is 15.5. The van der Waals surface area contributed by atoms with Gasteiger partial charge < -0.3 is 4.57 Å². The van der Waals surface area contributed by atoms with E-state index < -0.39 is 0 Å². The van der Waals surface area contributed by atoms with Crippen LogP contribution in [-0.2, 0) is 13.6 Å². The largest absolute Gasteiger partial charge is 0.332 e. The number of likely N-dealkylation sites (tertiary alicyclic amines) is 1. The summed E-state index contributed by atoms with van der Waals surface area (Å²) < 4.78 is 2.02. The van der Waals surface area contributed by atoms with E-state index in [1.165, 1.54) is 29.1 Å². The van der Waals surface area contributed by atoms with Crippen molar-refractivity contribution in [3.05, 3.63) is 52.5 Å². The monoisotopic (exact) mass is 353 g/mol. The van der Waals surface area contributed by atoms with Crippen molar-refractivity contribution in [2.24, 2.45) is 7.05 Å². The second-order valence-corrected chi connectivity index (χ2v) is 7.71. The summed E-state index contributed by atoms with van der Waals surface area (Å²) >= 11 is 1.76. The van der Waals surface area contributed by atoms with Crippen molar-refractivity contribution in [3.8, 4) is 11.4 Å². The predicted molar refractivity (Wildman–Crippen MR) is 101 cm³/mol. The standard InChI is InChI=1S/C19H23N5S/c1-14-19(25-13-21-14)11-24-8-4-5-15(10-24)16-6-3-7-17(22-16)18-9-20-12-23(18)2/h3,6-7,9,12-13,15H,4-5,8,10-11H2,1-2H3. The Bertz CT molecular complexity index is 853. The lowest BCUT2D eigenvalue weighted by Crippen LogP contribution is -2.34. The number of hydrogen-bond acceptors (Lipinski definition) is 5. The van der Waals surface area contributed by atoms with Crippen molar-refractivity contribution in [2.75, 3.05) is 13.1 Å². The van der Waals surface area contributed by atoms with Gasteiger partial charge in [0.1, 0.15) is 0 Å². The summed E-state index contributed by atoms with van der Waals surface area (Å²) in [7, 11) is 2.01. The maximum absolute atomic E-state index is 4.95. The van der Waals surface area contributed by atoms with Crippen LogP contribution in [0.3, 0.4) is 0 Å². The summed E-state index contributed by atoms with van der Waals surface area (Å²) in [5.74, 6) is 0.496. The minimum absolute atomic E-state index is 0.496. The summed E-state index contributed by atoms with van der Waals surface area (Å²) in [6.45, 7) is 5.34. The SMILES string of the molecule is Cc1ncsc1CN1CCCC(c2cccc(-c3cncn3C)n2)C1. The molecule has 0 saturated carbocycles. The van der Waals surface area contributed by atoms with Gasteiger partial charge in [0.2, 0.25) is 0 Å². The normalized spacial score (nSPS) is 18.6. The maximum atomic E-state index is 4.95. The van der Waals surface area contributed by atoms with Gasteiger partial charge in [-0.1, -0.05) is 6.07 Å². The molecular weight excluding hydrogens is 330 g/mol. The molecule has 1 saturated heterocycles. The summed E-state index contributed by atoms with van der Waals surface area (Å²) in [4.78, 5) is 17.5. The zero-order chi connectivity index (χ0) is 17.2. The molecule has 25 heavy (non-hydrogen) atoms. The molecule has 0 aliphatic carbocycles. The van der Waals surface area contributed by atoms with E-state index >= 15 is 0 Å². The summed E-state index contributed by atoms with van der Waals surface area (Å²) in [6.07, 6.45) is 6.13. The fourth-order valence-electron chi connectivity index (χ4n) is 3.55. The Morgan fingerprint density at radius 2 is 2.24 bits per heavy atom. The van der Waals surface area contributed by atoms with Gasteiger partial charge in [0, 0.05) is 36.6 Å². The Hall–Kier alpha value is -2.05. The van der Waals surface area contributed by atoms with E-state index in [1.807, 2.05) is 29.6 Å². The first-order valence-corrected chi connectivity index (χ1v) is 9.63. The molecule has 4 heterocycles. The summed E-state index contributed by atoms with van der Waals surface area (Å²) in [5, 5.41) is 0. The Balaban J connectivity index is 1.51. The van der Waals surface area contributed by atoms with Crippen LogP contribution in [0.2, 0.25) is 0 Å². The predicted octanol–water partition coefficient (Wildman–Crippen LogP) is 3.63. The molecule has 0 radical (unpaired) electrons. The molecule has 1 aliphatic rings. The Morgan fingerprint density at radius 3 is 3.00 bits per heavy atom. The highest BCUT2D eigenvalue weighted by molar-refractivity contribution is 7.09. The van der Waals surface area contributed by atoms with Gasteiger partial charge >= 0.3 is 0 Å². The third kappa shape index (κ3) is 3.50. The van der Waals surface area contributed by atoms with Crippen molar-refractivity contribution in [3.63, 3.8) is 0 Å². The fraction of sp³-hybridized carbons (Fsp3) is 0.421. The number of imidazole rings is 1. The second-order valence-electron chi connectivity index (χ2n) is 6.77. The van der Waals surface area contributed by atoms with Gasteiger partial charge in [0.15, 0.2) is 0 Å². The van der Waals surface area contributed by atoms with Crippen LogP contribution in [0.1, 0.15) is 35.0 Å². The van der Waals surface area contributed by atoms with Crippen molar-refractivity contribution in [1.82, 2.24) is 24.4 Å². The van der Waals surface area contributed by atoms with Crippen molar-refractivity contribution in [2.45, 2.75) is 32.2 Å². The lowest BCUT2D eigenvalue weighted by Gasteiger charge is -2.32. The van der Waals surface area contributed by atoms with E-state index in [-0.39, 0.29) is 0 Å². The van der Waals surface area contributed by atoms with Crippen LogP contribution in [0.25, 0.3) is 11.4 Å². The molecule has 3 aromatic heterocycles. The van der Waals surface area contributed by atoms with Crippen LogP contribution in [0, 0.1) is 6.92 Å². The smallest absolute Gasteiger partial charge is 0.0948 e. The molecule has 6 heteroatoms. The van der Waals surface area contributed by atoms with E-state index in [9.17, 15) is 0 Å². The number of thiazole rings is 1. The molecule has 1 fully saturated rings. The van der Waals surface area contributed by atoms with Gasteiger partial charge in [-0.2, -0.15) is 0 Å². The molecule has 5 nitrogen and oxygen atoms in total. The molecule has 130 valence electrons. The molecular formula is C19H23N5S. The number of pyridine rings is 1. The molecule has 3 aromatic rings. The van der Waals surface area contributed by atoms with Crippen LogP contribution in [0.4, 0.5) is 0 Å². The lowest BCUT2D eigenvalue weighted by molar-refractivity contribution is 0.199. The Labute approximate surface area is 152 Å². The van der Waals surface area contributed by atoms with E-state index in [0.717, 1.165) is 31.0 Å². The van der Waals surface area contributed by atoms with Crippen molar-refractivity contribution in [1.29, 1.82) is 0 Å². The number of aromatic nitrogens is 4. The number of rotatable bonds is 4. The number of nitrogens with zero attached hydrogens (tertiary/aromatic N) is 5. The molecule has 1 unspecified atom stereocenters. The molecule has 0 spiro atoms. The van der Waals surface area contributed by atoms with E-state index in [1.54, 1.807) is 11.3 Å². The fourth-order valence-corrected chi connectivity index (χ4v) is 4.37. The van der Waals surface area contributed by atoms with Gasteiger partial charge in [-0.15, -0.1) is 11.3 Å². The van der Waals surface area contributed by atoms with Crippen molar-refractivity contribution < 1.29 is 0 Å². The highest BCUT2D eigenvalue weighted by atomic mass is 32.1. The van der Waals surface area contributed by atoms with Gasteiger partial charge in [0.25, 0.3) is 0 Å². The third-order valence-electron chi connectivity index (χ3n) is 4.99. The molecule has 1 atom stereocenters. The van der Waals surface area contributed by atoms with Crippen LogP contribution in [-0.4, -0.2) is 37.5 Å². The highest BCUT2D eigenvalue weighted by Crippen LogP contribution is 2.29. The summed E-state index contributed by atoms with van der Waals surface area (Å²) in [6, 6.07) is 6.37. The van der Waals surface area contributed by atoms with E-state index in [0.29, 0.717) is 5.92 Å². The average molecular weight is 353 g/mol. The first-order valence-electron chi connectivity index (χ1n) is 8.75. The first-order chi connectivity index (χ1) is 12.2. The minimum Gasteiger partial charge on any atom is -0.332 e. The van der Waals surface area contributed by atoms with Gasteiger partial charge in [-0.05, 0) is 38.4 Å². The highest BCUT2D eigenvalue weighted by Gasteiger charge is 2.23. The average Bonchev–Trinajstić information content (AvgIpc) is 3.24. The van der Waals surface area contributed by atoms with Crippen LogP contribution in [0.15, 0.2) is 36.2 Å². The topological polar surface area (TPSA) is 46.8 Å². The van der Waals surface area contributed by atoms with Crippen molar-refractivity contribution >= 4 is 11.3 Å². The van der Waals surface area contributed by atoms with Crippen LogP contribution < -0.4 is 0 Å². The van der Waals surface area contributed by atoms with Crippen LogP contribution >= 0.6 is 11.3 Å².